The molecular formula is C23H30N4O4S. The minimum Gasteiger partial charge on any atom is -0.425 e. The van der Waals surface area contributed by atoms with Gasteiger partial charge in [0.2, 0.25) is 10.0 Å². The average Bonchev–Trinajstić information content (AvgIpc) is 3.23. The zero-order valence-corrected chi connectivity index (χ0v) is 19.3. The summed E-state index contributed by atoms with van der Waals surface area (Å²) in [6, 6.07) is 5.97. The molecule has 1 aromatic carbocycles. The second-order valence-corrected chi connectivity index (χ2v) is 10.2. The first kappa shape index (κ1) is 22.5. The summed E-state index contributed by atoms with van der Waals surface area (Å²) in [5.41, 5.74) is 2.23. The monoisotopic (exact) mass is 458 g/mol. The van der Waals surface area contributed by atoms with Gasteiger partial charge in [0.25, 0.3) is 5.56 Å². The van der Waals surface area contributed by atoms with E-state index in [2.05, 4.69) is 18.3 Å². The van der Waals surface area contributed by atoms with Gasteiger partial charge in [-0.05, 0) is 55.9 Å². The first-order valence-corrected chi connectivity index (χ1v) is 12.7. The molecule has 3 N–H and O–H groups in total. The van der Waals surface area contributed by atoms with Gasteiger partial charge in [0.05, 0.1) is 10.6 Å². The summed E-state index contributed by atoms with van der Waals surface area (Å²) >= 11 is 0. The summed E-state index contributed by atoms with van der Waals surface area (Å²) in [6.45, 7) is 4.51. The van der Waals surface area contributed by atoms with Crippen molar-refractivity contribution in [2.24, 2.45) is 11.1 Å². The van der Waals surface area contributed by atoms with Crippen LogP contribution in [0.1, 0.15) is 64.0 Å². The molecule has 1 aliphatic heterocycles. The molecule has 8 nitrogen and oxygen atoms in total. The molecule has 0 saturated heterocycles. The highest BCUT2D eigenvalue weighted by atomic mass is 32.2. The average molecular weight is 459 g/mol. The zero-order valence-electron chi connectivity index (χ0n) is 18.5. The standard InChI is InChI=1S/C23H30N4O4S/c1-3-14-27-22(28)21-20(15(2)8-13-19(25-21)16-6-4-5-7-16)26-23(27)31-17-9-11-18(12-10-17)32(24,29)30/h9-13,15-16,25H,3-8,14H2,1-2H3,(H2,24,29,30). The molecule has 1 saturated carbocycles. The number of allylic oxidation sites excluding steroid dienone is 2. The lowest BCUT2D eigenvalue weighted by Gasteiger charge is -2.20. The van der Waals surface area contributed by atoms with Crippen molar-refractivity contribution in [3.05, 3.63) is 52.1 Å². The number of nitrogens with zero attached hydrogens (tertiary/aromatic N) is 2. The number of aromatic nitrogens is 2. The summed E-state index contributed by atoms with van der Waals surface area (Å²) < 4.78 is 30.5. The number of nitrogens with one attached hydrogen (secondary N) is 1. The number of hydrogen-bond donors (Lipinski definition) is 2. The number of nitrogens with two attached hydrogens (primary N) is 1. The second kappa shape index (κ2) is 9.07. The van der Waals surface area contributed by atoms with Crippen LogP contribution >= 0.6 is 0 Å². The Hall–Kier alpha value is -2.65. The molecule has 1 atom stereocenters. The van der Waals surface area contributed by atoms with Gasteiger partial charge in [-0.3, -0.25) is 9.36 Å². The minimum absolute atomic E-state index is 0.00553. The van der Waals surface area contributed by atoms with Gasteiger partial charge in [-0.25, -0.2) is 13.6 Å². The van der Waals surface area contributed by atoms with Crippen molar-refractivity contribution < 1.29 is 13.2 Å². The molecule has 2 heterocycles. The topological polar surface area (TPSA) is 116 Å². The summed E-state index contributed by atoms with van der Waals surface area (Å²) in [4.78, 5) is 18.3. The molecule has 4 rings (SSSR count). The van der Waals surface area contributed by atoms with E-state index in [-0.39, 0.29) is 22.4 Å². The Labute approximate surface area is 188 Å². The van der Waals surface area contributed by atoms with Gasteiger partial charge in [0.15, 0.2) is 0 Å². The predicted octanol–water partition coefficient (Wildman–Crippen LogP) is 4.09. The van der Waals surface area contributed by atoms with Crippen LogP contribution in [0.4, 0.5) is 5.69 Å². The fourth-order valence-corrected chi connectivity index (χ4v) is 4.96. The Morgan fingerprint density at radius 1 is 1.22 bits per heavy atom. The molecule has 0 amide bonds. The van der Waals surface area contributed by atoms with Crippen LogP contribution in [-0.4, -0.2) is 18.0 Å². The molecule has 1 aliphatic carbocycles. The molecular weight excluding hydrogens is 428 g/mol. The Morgan fingerprint density at radius 3 is 2.53 bits per heavy atom. The number of hydrogen-bond acceptors (Lipinski definition) is 6. The Kier molecular flexibility index (Phi) is 6.39. The largest absolute Gasteiger partial charge is 0.425 e. The van der Waals surface area contributed by atoms with Crippen molar-refractivity contribution >= 4 is 15.7 Å². The third kappa shape index (κ3) is 4.59. The SMILES string of the molecule is CCCn1c(Oc2ccc(S(N)(=O)=O)cc2)nc2c(c1=O)NC(C1CCCC1)=CCC2C. The molecule has 1 unspecified atom stereocenters. The number of sulfonamides is 1. The molecule has 0 bridgehead atoms. The van der Waals surface area contributed by atoms with Gasteiger partial charge < -0.3 is 10.1 Å². The van der Waals surface area contributed by atoms with E-state index in [1.54, 1.807) is 4.57 Å². The fourth-order valence-electron chi connectivity index (χ4n) is 4.44. The lowest BCUT2D eigenvalue weighted by Crippen LogP contribution is -2.28. The fraction of sp³-hybridized carbons (Fsp3) is 0.478. The maximum atomic E-state index is 13.5. The maximum Gasteiger partial charge on any atom is 0.305 e. The van der Waals surface area contributed by atoms with Crippen molar-refractivity contribution in [3.8, 4) is 11.8 Å². The van der Waals surface area contributed by atoms with Gasteiger partial charge in [0.1, 0.15) is 11.4 Å². The highest BCUT2D eigenvalue weighted by molar-refractivity contribution is 7.89. The molecule has 2 aromatic rings. The van der Waals surface area contributed by atoms with E-state index in [1.807, 2.05) is 6.92 Å². The van der Waals surface area contributed by atoms with Crippen molar-refractivity contribution in [1.82, 2.24) is 9.55 Å². The van der Waals surface area contributed by atoms with E-state index >= 15 is 0 Å². The van der Waals surface area contributed by atoms with E-state index in [4.69, 9.17) is 14.9 Å². The van der Waals surface area contributed by atoms with Crippen molar-refractivity contribution in [1.29, 1.82) is 0 Å². The highest BCUT2D eigenvalue weighted by Gasteiger charge is 2.28. The first-order chi connectivity index (χ1) is 15.3. The molecule has 172 valence electrons. The highest BCUT2D eigenvalue weighted by Crippen LogP contribution is 2.37. The molecule has 1 aromatic heterocycles. The predicted molar refractivity (Wildman–Crippen MR) is 123 cm³/mol. The lowest BCUT2D eigenvalue weighted by molar-refractivity contribution is 0.391. The van der Waals surface area contributed by atoms with Crippen LogP contribution in [0, 0.1) is 5.92 Å². The Balaban J connectivity index is 1.72. The van der Waals surface area contributed by atoms with Crippen molar-refractivity contribution in [2.75, 3.05) is 5.32 Å². The third-order valence-electron chi connectivity index (χ3n) is 6.19. The van der Waals surface area contributed by atoms with Crippen LogP contribution in [0.3, 0.4) is 0 Å². The van der Waals surface area contributed by atoms with Crippen molar-refractivity contribution in [2.45, 2.75) is 69.7 Å². The number of anilines is 1. The molecule has 0 radical (unpaired) electrons. The summed E-state index contributed by atoms with van der Waals surface area (Å²) in [7, 11) is -3.79. The number of ether oxygens (including phenoxy) is 1. The summed E-state index contributed by atoms with van der Waals surface area (Å²) in [5.74, 6) is 0.918. The van der Waals surface area contributed by atoms with E-state index in [9.17, 15) is 13.2 Å². The van der Waals surface area contributed by atoms with Crippen LogP contribution in [0.2, 0.25) is 0 Å². The number of benzene rings is 1. The molecule has 0 spiro atoms. The van der Waals surface area contributed by atoms with E-state index in [0.29, 0.717) is 29.6 Å². The summed E-state index contributed by atoms with van der Waals surface area (Å²) in [5, 5.41) is 8.61. The van der Waals surface area contributed by atoms with E-state index in [1.165, 1.54) is 37.1 Å². The summed E-state index contributed by atoms with van der Waals surface area (Å²) in [6.07, 6.45) is 8.51. The van der Waals surface area contributed by atoms with Gasteiger partial charge in [0, 0.05) is 18.2 Å². The van der Waals surface area contributed by atoms with Gasteiger partial charge in [-0.2, -0.15) is 4.98 Å². The normalized spacial score (nSPS) is 19.1. The van der Waals surface area contributed by atoms with Crippen LogP contribution in [-0.2, 0) is 16.6 Å². The van der Waals surface area contributed by atoms with Gasteiger partial charge in [-0.15, -0.1) is 0 Å². The molecule has 1 fully saturated rings. The molecule has 32 heavy (non-hydrogen) atoms. The maximum absolute atomic E-state index is 13.5. The Morgan fingerprint density at radius 2 is 1.91 bits per heavy atom. The van der Waals surface area contributed by atoms with Gasteiger partial charge >= 0.3 is 6.01 Å². The lowest BCUT2D eigenvalue weighted by atomic mass is 10.0. The van der Waals surface area contributed by atoms with Crippen molar-refractivity contribution in [3.63, 3.8) is 0 Å². The zero-order chi connectivity index (χ0) is 22.9. The first-order valence-electron chi connectivity index (χ1n) is 11.2. The second-order valence-electron chi connectivity index (χ2n) is 8.63. The minimum atomic E-state index is -3.79. The number of rotatable bonds is 6. The van der Waals surface area contributed by atoms with E-state index in [0.717, 1.165) is 31.4 Å². The molecule has 9 heteroatoms. The number of primary sulfonamides is 1. The van der Waals surface area contributed by atoms with Crippen LogP contribution in [0.15, 0.2) is 45.7 Å². The third-order valence-corrected chi connectivity index (χ3v) is 7.12. The van der Waals surface area contributed by atoms with Crippen LogP contribution in [0.5, 0.6) is 11.8 Å². The van der Waals surface area contributed by atoms with Crippen LogP contribution < -0.4 is 20.8 Å². The Bertz CT molecular complexity index is 1180. The smallest absolute Gasteiger partial charge is 0.305 e. The quantitative estimate of drug-likeness (QED) is 0.674. The van der Waals surface area contributed by atoms with Crippen LogP contribution in [0.25, 0.3) is 0 Å². The van der Waals surface area contributed by atoms with Gasteiger partial charge in [-0.1, -0.05) is 32.8 Å². The molecule has 2 aliphatic rings. The number of fused-ring (bicyclic) bond motifs is 1. The van der Waals surface area contributed by atoms with E-state index < -0.39 is 10.0 Å².